The van der Waals surface area contributed by atoms with Crippen molar-refractivity contribution in [3.63, 3.8) is 0 Å². The molecular formula is C15H20N2O3. The lowest BCUT2D eigenvalue weighted by atomic mass is 9.77. The first-order chi connectivity index (χ1) is 9.61. The first-order valence-electron chi connectivity index (χ1n) is 7.10. The van der Waals surface area contributed by atoms with Gasteiger partial charge < -0.3 is 15.6 Å². The highest BCUT2D eigenvalue weighted by Gasteiger charge is 2.42. The molecule has 1 saturated carbocycles. The van der Waals surface area contributed by atoms with Gasteiger partial charge in [-0.15, -0.1) is 0 Å². The highest BCUT2D eigenvalue weighted by Crippen LogP contribution is 2.37. The smallest absolute Gasteiger partial charge is 0.317 e. The van der Waals surface area contributed by atoms with E-state index in [1.807, 2.05) is 24.3 Å². The summed E-state index contributed by atoms with van der Waals surface area (Å²) in [5.41, 5.74) is 6.40. The molecule has 4 rings (SSSR count). The number of hydrogen-bond donors (Lipinski definition) is 2. The Morgan fingerprint density at radius 3 is 2.70 bits per heavy atom. The molecule has 108 valence electrons. The van der Waals surface area contributed by atoms with Crippen molar-refractivity contribution >= 4 is 11.7 Å². The lowest BCUT2D eigenvalue weighted by Gasteiger charge is -2.48. The number of nitrogen functional groups attached to an aromatic ring is 1. The molecule has 0 spiro atoms. The maximum atomic E-state index is 10.9. The van der Waals surface area contributed by atoms with E-state index in [2.05, 4.69) is 4.90 Å². The van der Waals surface area contributed by atoms with Crippen molar-refractivity contribution < 1.29 is 14.6 Å². The second-order valence-corrected chi connectivity index (χ2v) is 5.78. The molecule has 20 heavy (non-hydrogen) atoms. The molecule has 0 aromatic heterocycles. The van der Waals surface area contributed by atoms with E-state index in [0.717, 1.165) is 37.2 Å². The van der Waals surface area contributed by atoms with Gasteiger partial charge in [-0.2, -0.15) is 0 Å². The molecule has 2 bridgehead atoms. The molecule has 0 radical (unpaired) electrons. The van der Waals surface area contributed by atoms with Gasteiger partial charge >= 0.3 is 5.97 Å². The summed E-state index contributed by atoms with van der Waals surface area (Å²) in [7, 11) is 0. The van der Waals surface area contributed by atoms with Crippen LogP contribution in [0.25, 0.3) is 0 Å². The van der Waals surface area contributed by atoms with E-state index in [1.165, 1.54) is 0 Å². The molecule has 3 unspecified atom stereocenters. The summed E-state index contributed by atoms with van der Waals surface area (Å²) in [5.74, 6) is 0.534. The molecular weight excluding hydrogens is 256 g/mol. The number of ether oxygens (including phenoxy) is 1. The molecule has 5 nitrogen and oxygen atoms in total. The van der Waals surface area contributed by atoms with E-state index in [9.17, 15) is 4.79 Å². The second-order valence-electron chi connectivity index (χ2n) is 5.78. The average Bonchev–Trinajstić information content (AvgIpc) is 2.42. The van der Waals surface area contributed by atoms with Crippen LogP contribution < -0.4 is 10.5 Å². The van der Waals surface area contributed by atoms with E-state index >= 15 is 0 Å². The molecule has 0 amide bonds. The summed E-state index contributed by atoms with van der Waals surface area (Å²) in [6, 6.07) is 7.81. The summed E-state index contributed by atoms with van der Waals surface area (Å²) < 4.78 is 6.07. The number of rotatable bonds is 4. The molecule has 3 fully saturated rings. The number of benzene rings is 1. The SMILES string of the molecule is Nc1ccc(OC2CC3CCC2CN3CC(=O)O)cc1. The van der Waals surface area contributed by atoms with Crippen molar-refractivity contribution in [2.24, 2.45) is 5.92 Å². The Labute approximate surface area is 118 Å². The predicted octanol–water partition coefficient (Wildman–Crippen LogP) is 1.59. The van der Waals surface area contributed by atoms with Gasteiger partial charge in [-0.3, -0.25) is 9.69 Å². The van der Waals surface area contributed by atoms with Gasteiger partial charge in [0.1, 0.15) is 11.9 Å². The van der Waals surface area contributed by atoms with Gasteiger partial charge in [-0.1, -0.05) is 0 Å². The largest absolute Gasteiger partial charge is 0.490 e. The Bertz CT molecular complexity index is 488. The number of carboxylic acid groups (broad SMARTS) is 1. The van der Waals surface area contributed by atoms with Crippen LogP contribution >= 0.6 is 0 Å². The Hall–Kier alpha value is -1.75. The van der Waals surface area contributed by atoms with Gasteiger partial charge in [0.15, 0.2) is 0 Å². The second kappa shape index (κ2) is 5.32. The standard InChI is InChI=1S/C15H20N2O3/c16-11-2-5-13(6-3-11)20-14-7-12-4-1-10(14)8-17(12)9-15(18)19/h2-3,5-6,10,12,14H,1,4,7-9,16H2,(H,18,19). The zero-order chi connectivity index (χ0) is 14.1. The van der Waals surface area contributed by atoms with E-state index in [-0.39, 0.29) is 12.6 Å². The van der Waals surface area contributed by atoms with Gasteiger partial charge in [-0.25, -0.2) is 0 Å². The monoisotopic (exact) mass is 276 g/mol. The van der Waals surface area contributed by atoms with Crippen molar-refractivity contribution in [2.45, 2.75) is 31.4 Å². The molecule has 1 aliphatic carbocycles. The van der Waals surface area contributed by atoms with Crippen molar-refractivity contribution in [1.29, 1.82) is 0 Å². The third-order valence-electron chi connectivity index (χ3n) is 4.39. The number of fused-ring (bicyclic) bond motifs is 3. The Kier molecular flexibility index (Phi) is 3.53. The first kappa shape index (κ1) is 13.2. The number of piperidine rings is 2. The summed E-state index contributed by atoms with van der Waals surface area (Å²) in [5, 5.41) is 8.94. The summed E-state index contributed by atoms with van der Waals surface area (Å²) in [6.07, 6.45) is 3.32. The predicted molar refractivity (Wildman–Crippen MR) is 75.6 cm³/mol. The summed E-state index contributed by atoms with van der Waals surface area (Å²) in [4.78, 5) is 12.9. The molecule has 2 heterocycles. The lowest BCUT2D eigenvalue weighted by molar-refractivity contribution is -0.141. The summed E-state index contributed by atoms with van der Waals surface area (Å²) >= 11 is 0. The van der Waals surface area contributed by atoms with E-state index in [0.29, 0.717) is 12.0 Å². The van der Waals surface area contributed by atoms with Crippen LogP contribution in [0.15, 0.2) is 24.3 Å². The normalized spacial score (nSPS) is 29.3. The van der Waals surface area contributed by atoms with Crippen LogP contribution in [-0.4, -0.2) is 41.2 Å². The van der Waals surface area contributed by atoms with E-state index in [4.69, 9.17) is 15.6 Å². The van der Waals surface area contributed by atoms with Crippen LogP contribution in [0.4, 0.5) is 5.69 Å². The highest BCUT2D eigenvalue weighted by molar-refractivity contribution is 5.69. The number of aliphatic carboxylic acids is 1. The van der Waals surface area contributed by atoms with Crippen LogP contribution in [0.2, 0.25) is 0 Å². The Balaban J connectivity index is 1.63. The van der Waals surface area contributed by atoms with Gasteiger partial charge in [0.25, 0.3) is 0 Å². The summed E-state index contributed by atoms with van der Waals surface area (Å²) in [6.45, 7) is 0.979. The highest BCUT2D eigenvalue weighted by atomic mass is 16.5. The molecule has 2 saturated heterocycles. The molecule has 3 N–H and O–H groups in total. The third-order valence-corrected chi connectivity index (χ3v) is 4.39. The number of nitrogens with two attached hydrogens (primary N) is 1. The number of carbonyl (C=O) groups is 1. The van der Waals surface area contributed by atoms with E-state index in [1.54, 1.807) is 0 Å². The average molecular weight is 276 g/mol. The van der Waals surface area contributed by atoms with Gasteiger partial charge in [-0.05, 0) is 37.1 Å². The van der Waals surface area contributed by atoms with Crippen molar-refractivity contribution in [1.82, 2.24) is 4.90 Å². The fourth-order valence-electron chi connectivity index (χ4n) is 3.39. The van der Waals surface area contributed by atoms with Crippen LogP contribution in [0.1, 0.15) is 19.3 Å². The molecule has 2 aliphatic heterocycles. The van der Waals surface area contributed by atoms with Crippen LogP contribution in [0.3, 0.4) is 0 Å². The minimum atomic E-state index is -0.742. The van der Waals surface area contributed by atoms with Crippen LogP contribution in [0.5, 0.6) is 5.75 Å². The zero-order valence-electron chi connectivity index (χ0n) is 11.4. The van der Waals surface area contributed by atoms with Crippen molar-refractivity contribution in [3.05, 3.63) is 24.3 Å². The van der Waals surface area contributed by atoms with Gasteiger partial charge in [0.2, 0.25) is 0 Å². The van der Waals surface area contributed by atoms with Gasteiger partial charge in [0.05, 0.1) is 6.54 Å². The Morgan fingerprint density at radius 1 is 1.35 bits per heavy atom. The zero-order valence-corrected chi connectivity index (χ0v) is 11.4. The molecule has 1 aromatic rings. The van der Waals surface area contributed by atoms with Crippen molar-refractivity contribution in [2.75, 3.05) is 18.8 Å². The fourth-order valence-corrected chi connectivity index (χ4v) is 3.39. The first-order valence-corrected chi connectivity index (χ1v) is 7.10. The van der Waals surface area contributed by atoms with Crippen LogP contribution in [0, 0.1) is 5.92 Å². The van der Waals surface area contributed by atoms with Crippen molar-refractivity contribution in [3.8, 4) is 5.75 Å². The molecule has 3 aliphatic rings. The Morgan fingerprint density at radius 2 is 2.10 bits per heavy atom. The molecule has 1 aromatic carbocycles. The third kappa shape index (κ3) is 2.72. The maximum Gasteiger partial charge on any atom is 0.317 e. The number of carboxylic acids is 1. The maximum absolute atomic E-state index is 10.9. The number of nitrogens with zero attached hydrogens (tertiary/aromatic N) is 1. The quantitative estimate of drug-likeness (QED) is 0.817. The van der Waals surface area contributed by atoms with E-state index < -0.39 is 5.97 Å². The lowest BCUT2D eigenvalue weighted by Crippen LogP contribution is -2.56. The minimum absolute atomic E-state index is 0.149. The fraction of sp³-hybridized carbons (Fsp3) is 0.533. The number of anilines is 1. The van der Waals surface area contributed by atoms with Crippen LogP contribution in [-0.2, 0) is 4.79 Å². The number of hydrogen-bond acceptors (Lipinski definition) is 4. The minimum Gasteiger partial charge on any atom is -0.490 e. The molecule has 3 atom stereocenters. The van der Waals surface area contributed by atoms with Gasteiger partial charge in [0, 0.05) is 30.6 Å². The topological polar surface area (TPSA) is 75.8 Å². The molecule has 5 heteroatoms.